The molecule has 0 bridgehead atoms. The van der Waals surface area contributed by atoms with Crippen LogP contribution in [0.1, 0.15) is 12.8 Å². The van der Waals surface area contributed by atoms with Gasteiger partial charge in [-0.25, -0.2) is 9.38 Å². The van der Waals surface area contributed by atoms with E-state index in [-0.39, 0.29) is 12.8 Å². The second-order valence-electron chi connectivity index (χ2n) is 3.14. The predicted octanol–water partition coefficient (Wildman–Crippen LogP) is 1.84. The van der Waals surface area contributed by atoms with E-state index in [0.717, 1.165) is 0 Å². The molecule has 1 aliphatic rings. The number of hydrogen-bond donors (Lipinski definition) is 0. The van der Waals surface area contributed by atoms with Crippen LogP contribution in [0.5, 0.6) is 0 Å². The summed E-state index contributed by atoms with van der Waals surface area (Å²) in [6.07, 6.45) is -1.41. The number of rotatable bonds is 2. The van der Waals surface area contributed by atoms with Crippen LogP contribution in [0.3, 0.4) is 0 Å². The number of thiocarbonyl (C=S) groups is 1. The number of hydrogen-bond acceptors (Lipinski definition) is 4. The minimum atomic E-state index is -1.34. The van der Waals surface area contributed by atoms with Crippen LogP contribution in [-0.2, 0) is 0 Å². The normalized spacial score (nSPS) is 37.3. The molecule has 0 saturated heterocycles. The topological polar surface area (TPSA) is 55.5 Å². The van der Waals surface area contributed by atoms with E-state index < -0.39 is 28.6 Å². The largest absolute Gasteiger partial charge is 0.264 e. The highest BCUT2D eigenvalue weighted by Crippen LogP contribution is 2.29. The van der Waals surface area contributed by atoms with Crippen LogP contribution < -0.4 is 0 Å². The maximum atomic E-state index is 13.1. The van der Waals surface area contributed by atoms with Gasteiger partial charge < -0.3 is 0 Å². The summed E-state index contributed by atoms with van der Waals surface area (Å²) >= 11 is 10.0. The van der Waals surface area contributed by atoms with Gasteiger partial charge in [0.25, 0.3) is 0 Å². The van der Waals surface area contributed by atoms with E-state index in [9.17, 15) is 14.5 Å². The van der Waals surface area contributed by atoms with E-state index in [1.165, 1.54) is 0 Å². The molecule has 0 spiro atoms. The van der Waals surface area contributed by atoms with Gasteiger partial charge in [-0.2, -0.15) is 0 Å². The second-order valence-corrected chi connectivity index (χ2v) is 3.89. The van der Waals surface area contributed by atoms with Crippen molar-refractivity contribution in [1.29, 1.82) is 0 Å². The lowest BCUT2D eigenvalue weighted by molar-refractivity contribution is -0.529. The van der Waals surface area contributed by atoms with Crippen LogP contribution in [0, 0.1) is 10.1 Å². The first kappa shape index (κ1) is 11.5. The van der Waals surface area contributed by atoms with E-state index in [2.05, 4.69) is 22.4 Å². The Morgan fingerprint density at radius 2 is 2.29 bits per heavy atom. The molecular formula is C7H8ClFN2O2S. The van der Waals surface area contributed by atoms with Gasteiger partial charge in [-0.05, 0) is 18.6 Å². The lowest BCUT2D eigenvalue weighted by Crippen LogP contribution is -2.44. The lowest BCUT2D eigenvalue weighted by Gasteiger charge is -2.27. The van der Waals surface area contributed by atoms with Crippen molar-refractivity contribution in [2.75, 3.05) is 0 Å². The standard InChI is InChI=1S/C7H8ClFN2O2S/c8-4-1-6(10-3-14)7(11(12)13)2-5(4)9/h4-7H,1-2H2. The maximum Gasteiger partial charge on any atom is 0.238 e. The molecular weight excluding hydrogens is 231 g/mol. The van der Waals surface area contributed by atoms with E-state index in [1.807, 2.05) is 0 Å². The third kappa shape index (κ3) is 2.47. The number of alkyl halides is 2. The van der Waals surface area contributed by atoms with Gasteiger partial charge >= 0.3 is 0 Å². The summed E-state index contributed by atoms with van der Waals surface area (Å²) in [6.45, 7) is 0. The number of halogens is 2. The third-order valence-electron chi connectivity index (χ3n) is 2.26. The Morgan fingerprint density at radius 1 is 1.64 bits per heavy atom. The Labute approximate surface area is 90.3 Å². The zero-order chi connectivity index (χ0) is 10.7. The van der Waals surface area contributed by atoms with Crippen molar-refractivity contribution < 1.29 is 9.31 Å². The van der Waals surface area contributed by atoms with Crippen molar-refractivity contribution in [3.8, 4) is 0 Å². The average molecular weight is 239 g/mol. The van der Waals surface area contributed by atoms with Crippen molar-refractivity contribution in [2.45, 2.75) is 36.5 Å². The summed E-state index contributed by atoms with van der Waals surface area (Å²) in [5.74, 6) is 0. The molecule has 78 valence electrons. The molecule has 0 heterocycles. The van der Waals surface area contributed by atoms with E-state index in [4.69, 9.17) is 11.6 Å². The van der Waals surface area contributed by atoms with Crippen LogP contribution in [0.2, 0.25) is 0 Å². The molecule has 0 aromatic rings. The van der Waals surface area contributed by atoms with Crippen LogP contribution in [0.15, 0.2) is 4.99 Å². The summed E-state index contributed by atoms with van der Waals surface area (Å²) in [5.41, 5.74) is 0. The number of isothiocyanates is 1. The molecule has 0 aromatic carbocycles. The van der Waals surface area contributed by atoms with Gasteiger partial charge in [-0.1, -0.05) is 0 Å². The fraction of sp³-hybridized carbons (Fsp3) is 0.857. The van der Waals surface area contributed by atoms with Crippen molar-refractivity contribution in [3.05, 3.63) is 10.1 Å². The van der Waals surface area contributed by atoms with Crippen molar-refractivity contribution >= 4 is 29.0 Å². The van der Waals surface area contributed by atoms with Gasteiger partial charge in [0.15, 0.2) is 0 Å². The summed E-state index contributed by atoms with van der Waals surface area (Å²) in [6, 6.07) is -1.67. The Morgan fingerprint density at radius 3 is 2.79 bits per heavy atom. The van der Waals surface area contributed by atoms with Crippen LogP contribution in [-0.4, -0.2) is 33.7 Å². The smallest absolute Gasteiger partial charge is 0.238 e. The van der Waals surface area contributed by atoms with Gasteiger partial charge in [0, 0.05) is 4.92 Å². The Balaban J connectivity index is 2.79. The Hall–Kier alpha value is -0.580. The molecule has 14 heavy (non-hydrogen) atoms. The average Bonchev–Trinajstić information content (AvgIpc) is 2.11. The van der Waals surface area contributed by atoms with Gasteiger partial charge in [0.05, 0.1) is 17.0 Å². The zero-order valence-electron chi connectivity index (χ0n) is 7.10. The first-order valence-corrected chi connectivity index (χ1v) is 4.89. The highest BCUT2D eigenvalue weighted by atomic mass is 35.5. The van der Waals surface area contributed by atoms with Crippen molar-refractivity contribution in [2.24, 2.45) is 4.99 Å². The van der Waals surface area contributed by atoms with E-state index >= 15 is 0 Å². The van der Waals surface area contributed by atoms with Crippen molar-refractivity contribution in [3.63, 3.8) is 0 Å². The third-order valence-corrected chi connectivity index (χ3v) is 2.82. The SMILES string of the molecule is O=[N+]([O-])C1CC(F)C(Cl)CC1N=C=S. The van der Waals surface area contributed by atoms with Gasteiger partial charge in [-0.3, -0.25) is 10.1 Å². The second kappa shape index (κ2) is 4.77. The summed E-state index contributed by atoms with van der Waals surface area (Å²) in [4.78, 5) is 13.7. The highest BCUT2D eigenvalue weighted by molar-refractivity contribution is 7.78. The van der Waals surface area contributed by atoms with Crippen LogP contribution in [0.4, 0.5) is 4.39 Å². The fourth-order valence-corrected chi connectivity index (χ4v) is 1.92. The molecule has 7 heteroatoms. The zero-order valence-corrected chi connectivity index (χ0v) is 8.67. The van der Waals surface area contributed by atoms with E-state index in [1.54, 1.807) is 0 Å². The van der Waals surface area contributed by atoms with Gasteiger partial charge in [0.1, 0.15) is 12.2 Å². The Bertz CT molecular complexity index is 271. The van der Waals surface area contributed by atoms with Crippen LogP contribution >= 0.6 is 23.8 Å². The first-order chi connectivity index (χ1) is 6.56. The Kier molecular flexibility index (Phi) is 3.92. The van der Waals surface area contributed by atoms with Crippen molar-refractivity contribution in [1.82, 2.24) is 0 Å². The highest BCUT2D eigenvalue weighted by Gasteiger charge is 2.43. The van der Waals surface area contributed by atoms with Gasteiger partial charge in [0.2, 0.25) is 6.04 Å². The monoisotopic (exact) mass is 238 g/mol. The molecule has 1 fully saturated rings. The molecule has 0 radical (unpaired) electrons. The molecule has 0 aliphatic heterocycles. The maximum absolute atomic E-state index is 13.1. The summed E-state index contributed by atoms with van der Waals surface area (Å²) in [7, 11) is 0. The fourth-order valence-electron chi connectivity index (χ4n) is 1.50. The summed E-state index contributed by atoms with van der Waals surface area (Å²) < 4.78 is 13.1. The molecule has 0 amide bonds. The lowest BCUT2D eigenvalue weighted by atomic mass is 9.89. The molecule has 0 N–H and O–H groups in total. The summed E-state index contributed by atoms with van der Waals surface area (Å²) in [5, 5.41) is 11.9. The van der Waals surface area contributed by atoms with Crippen LogP contribution in [0.25, 0.3) is 0 Å². The molecule has 4 unspecified atom stereocenters. The number of aliphatic imine (C=N–C) groups is 1. The minimum absolute atomic E-state index is 0.137. The molecule has 1 saturated carbocycles. The van der Waals surface area contributed by atoms with E-state index in [0.29, 0.717) is 0 Å². The molecule has 4 atom stereocenters. The minimum Gasteiger partial charge on any atom is -0.264 e. The predicted molar refractivity (Wildman–Crippen MR) is 53.4 cm³/mol. The quantitative estimate of drug-likeness (QED) is 0.243. The number of nitro groups is 1. The number of nitrogens with zero attached hydrogens (tertiary/aromatic N) is 2. The molecule has 4 nitrogen and oxygen atoms in total. The first-order valence-electron chi connectivity index (χ1n) is 4.05. The molecule has 0 aromatic heterocycles. The molecule has 1 aliphatic carbocycles. The molecule has 1 rings (SSSR count). The van der Waals surface area contributed by atoms with Gasteiger partial charge in [-0.15, -0.1) is 11.6 Å².